The second kappa shape index (κ2) is 9.66. The van der Waals surface area contributed by atoms with Crippen LogP contribution in [0.15, 0.2) is 59.0 Å². The van der Waals surface area contributed by atoms with E-state index in [1.807, 2.05) is 43.4 Å². The minimum Gasteiger partial charge on any atom is -0.423 e. The lowest BCUT2D eigenvalue weighted by Gasteiger charge is -2.34. The molecule has 0 atom stereocenters. The van der Waals surface area contributed by atoms with E-state index < -0.39 is 6.09 Å². The molecule has 0 unspecified atom stereocenters. The van der Waals surface area contributed by atoms with Gasteiger partial charge in [0, 0.05) is 28.7 Å². The zero-order valence-electron chi connectivity index (χ0n) is 19.0. The number of benzene rings is 2. The van der Waals surface area contributed by atoms with Crippen LogP contribution in [0.5, 0.6) is 5.06 Å². The van der Waals surface area contributed by atoms with Gasteiger partial charge in [-0.3, -0.25) is 5.32 Å². The molecule has 0 aliphatic carbocycles. The number of piperidine rings is 1. The number of likely N-dealkylation sites (tertiary alicyclic amines) is 1. The molecule has 34 heavy (non-hydrogen) atoms. The molecule has 5 rings (SSSR count). The van der Waals surface area contributed by atoms with Gasteiger partial charge < -0.3 is 19.0 Å². The number of halogens is 1. The molecule has 1 aliphatic heterocycles. The van der Waals surface area contributed by atoms with E-state index in [9.17, 15) is 4.79 Å². The van der Waals surface area contributed by atoms with Gasteiger partial charge in [-0.05, 0) is 81.0 Å². The lowest BCUT2D eigenvalue weighted by Crippen LogP contribution is -2.42. The molecule has 2 aromatic carbocycles. The van der Waals surface area contributed by atoms with Gasteiger partial charge in [0.15, 0.2) is 10.6 Å². The molecule has 0 spiro atoms. The maximum absolute atomic E-state index is 12.5. The molecule has 2 aromatic heterocycles. The van der Waals surface area contributed by atoms with Crippen molar-refractivity contribution < 1.29 is 13.9 Å². The number of aromatic nitrogens is 1. The topological polar surface area (TPSA) is 70.8 Å². The molecule has 9 heteroatoms. The quantitative estimate of drug-likeness (QED) is 0.347. The monoisotopic (exact) mass is 496 g/mol. The van der Waals surface area contributed by atoms with Gasteiger partial charge in [-0.25, -0.2) is 4.79 Å². The zero-order chi connectivity index (χ0) is 23.7. The van der Waals surface area contributed by atoms with Gasteiger partial charge in [-0.15, -0.1) is 0 Å². The van der Waals surface area contributed by atoms with Gasteiger partial charge in [0.2, 0.25) is 0 Å². The smallest absolute Gasteiger partial charge is 0.417 e. The first-order valence-corrected chi connectivity index (χ1v) is 12.3. The number of carbonyl (C=O) groups is 1. The van der Waals surface area contributed by atoms with Crippen LogP contribution in [-0.2, 0) is 0 Å². The fourth-order valence-electron chi connectivity index (χ4n) is 4.09. The number of nitrogens with one attached hydrogen (secondary N) is 1. The normalized spacial score (nSPS) is 14.9. The van der Waals surface area contributed by atoms with Gasteiger partial charge in [0.25, 0.3) is 6.01 Å². The van der Waals surface area contributed by atoms with Gasteiger partial charge in [-0.1, -0.05) is 35.1 Å². The number of anilines is 2. The number of hydrogen-bond acceptors (Lipinski definition) is 7. The van der Waals surface area contributed by atoms with Crippen LogP contribution >= 0.6 is 22.9 Å². The van der Waals surface area contributed by atoms with E-state index in [0.29, 0.717) is 38.9 Å². The van der Waals surface area contributed by atoms with Crippen molar-refractivity contribution in [2.45, 2.75) is 18.9 Å². The van der Waals surface area contributed by atoms with Crippen molar-refractivity contribution in [1.82, 2.24) is 9.88 Å². The van der Waals surface area contributed by atoms with E-state index in [-0.39, 0.29) is 0 Å². The first-order chi connectivity index (χ1) is 16.4. The van der Waals surface area contributed by atoms with Crippen molar-refractivity contribution in [3.05, 3.63) is 59.6 Å². The van der Waals surface area contributed by atoms with Crippen LogP contribution in [0.2, 0.25) is 5.02 Å². The van der Waals surface area contributed by atoms with Crippen LogP contribution in [0.25, 0.3) is 21.5 Å². The lowest BCUT2D eigenvalue weighted by atomic mass is 10.0. The molecular formula is C25H25ClN4O3S. The van der Waals surface area contributed by atoms with E-state index in [0.717, 1.165) is 36.4 Å². The predicted octanol–water partition coefficient (Wildman–Crippen LogP) is 6.35. The number of rotatable bonds is 5. The summed E-state index contributed by atoms with van der Waals surface area (Å²) < 4.78 is 11.4. The number of nitrogens with zero attached hydrogens (tertiary/aromatic N) is 3. The Bertz CT molecular complexity index is 1310. The fourth-order valence-corrected chi connectivity index (χ4v) is 5.13. The minimum atomic E-state index is -0.564. The summed E-state index contributed by atoms with van der Waals surface area (Å²) in [7, 11) is 4.17. The highest BCUT2D eigenvalue weighted by molar-refractivity contribution is 7.17. The predicted molar refractivity (Wildman–Crippen MR) is 137 cm³/mol. The van der Waals surface area contributed by atoms with Gasteiger partial charge in [0.05, 0.1) is 0 Å². The summed E-state index contributed by atoms with van der Waals surface area (Å²) in [6.45, 7) is 2.13. The highest BCUT2D eigenvalue weighted by Gasteiger charge is 2.24. The molecule has 0 saturated carbocycles. The summed E-state index contributed by atoms with van der Waals surface area (Å²) in [6.07, 6.45) is 1.59. The number of oxazole rings is 1. The number of thiophene rings is 1. The van der Waals surface area contributed by atoms with Crippen molar-refractivity contribution in [2.24, 2.45) is 0 Å². The Kier molecular flexibility index (Phi) is 6.45. The summed E-state index contributed by atoms with van der Waals surface area (Å²) in [5, 5.41) is 3.93. The van der Waals surface area contributed by atoms with Crippen LogP contribution < -0.4 is 15.0 Å². The average Bonchev–Trinajstić information content (AvgIpc) is 3.46. The summed E-state index contributed by atoms with van der Waals surface area (Å²) >= 11 is 7.45. The molecule has 1 aliphatic rings. The standard InChI is InChI=1S/C25H25ClN4O3S/c1-29-12-10-19(11-13-29)30(2)24-28-20-15-18(6-7-21(20)32-24)27-25(31)33-23-9-8-22(34-23)16-4-3-5-17(26)14-16/h3-9,14-15,19H,10-13H2,1-2H3,(H,27,31). The Labute approximate surface area is 206 Å². The highest BCUT2D eigenvalue weighted by atomic mass is 35.5. The molecule has 0 radical (unpaired) electrons. The van der Waals surface area contributed by atoms with Gasteiger partial charge >= 0.3 is 6.09 Å². The second-order valence-electron chi connectivity index (χ2n) is 8.47. The van der Waals surface area contributed by atoms with Crippen molar-refractivity contribution in [3.8, 4) is 15.5 Å². The van der Waals surface area contributed by atoms with Gasteiger partial charge in [0.1, 0.15) is 5.52 Å². The lowest BCUT2D eigenvalue weighted by molar-refractivity contribution is 0.216. The Morgan fingerprint density at radius 2 is 2.03 bits per heavy atom. The Morgan fingerprint density at radius 3 is 2.82 bits per heavy atom. The largest absolute Gasteiger partial charge is 0.423 e. The third-order valence-electron chi connectivity index (χ3n) is 6.04. The summed E-state index contributed by atoms with van der Waals surface area (Å²) in [6, 6.07) is 17.6. The van der Waals surface area contributed by atoms with E-state index in [1.54, 1.807) is 18.2 Å². The number of fused-ring (bicyclic) bond motifs is 1. The molecular weight excluding hydrogens is 472 g/mol. The molecule has 176 valence electrons. The van der Waals surface area contributed by atoms with Crippen LogP contribution in [0.4, 0.5) is 16.5 Å². The average molecular weight is 497 g/mol. The zero-order valence-corrected chi connectivity index (χ0v) is 20.5. The number of amides is 1. The summed E-state index contributed by atoms with van der Waals surface area (Å²) in [5.74, 6) is 0. The minimum absolute atomic E-state index is 0.402. The first-order valence-electron chi connectivity index (χ1n) is 11.1. The Morgan fingerprint density at radius 1 is 1.21 bits per heavy atom. The molecule has 1 N–H and O–H groups in total. The highest BCUT2D eigenvalue weighted by Crippen LogP contribution is 2.34. The molecule has 7 nitrogen and oxygen atoms in total. The van der Waals surface area contributed by atoms with Crippen molar-refractivity contribution >= 4 is 51.8 Å². The van der Waals surface area contributed by atoms with Crippen LogP contribution in [0, 0.1) is 0 Å². The Balaban J connectivity index is 1.24. The Hall–Kier alpha value is -3.07. The van der Waals surface area contributed by atoms with Crippen LogP contribution in [0.3, 0.4) is 0 Å². The van der Waals surface area contributed by atoms with Crippen molar-refractivity contribution in [1.29, 1.82) is 0 Å². The van der Waals surface area contributed by atoms with Crippen LogP contribution in [-0.4, -0.2) is 49.2 Å². The van der Waals surface area contributed by atoms with E-state index in [2.05, 4.69) is 27.1 Å². The summed E-state index contributed by atoms with van der Waals surface area (Å²) in [4.78, 5) is 22.5. The third kappa shape index (κ3) is 5.04. The van der Waals surface area contributed by atoms with E-state index in [4.69, 9.17) is 20.8 Å². The van der Waals surface area contributed by atoms with Gasteiger partial charge in [-0.2, -0.15) is 4.98 Å². The molecule has 1 saturated heterocycles. The molecule has 0 bridgehead atoms. The van der Waals surface area contributed by atoms with E-state index in [1.165, 1.54) is 11.3 Å². The molecule has 4 aromatic rings. The summed E-state index contributed by atoms with van der Waals surface area (Å²) in [5.41, 5.74) is 2.93. The van der Waals surface area contributed by atoms with Crippen molar-refractivity contribution in [3.63, 3.8) is 0 Å². The fraction of sp³-hybridized carbons (Fsp3) is 0.280. The maximum Gasteiger partial charge on any atom is 0.417 e. The number of hydrogen-bond donors (Lipinski definition) is 1. The molecule has 3 heterocycles. The second-order valence-corrected chi connectivity index (χ2v) is 9.95. The maximum atomic E-state index is 12.5. The number of ether oxygens (including phenoxy) is 1. The molecule has 1 fully saturated rings. The van der Waals surface area contributed by atoms with Crippen LogP contribution in [0.1, 0.15) is 12.8 Å². The number of carbonyl (C=O) groups excluding carboxylic acids is 1. The van der Waals surface area contributed by atoms with E-state index >= 15 is 0 Å². The third-order valence-corrected chi connectivity index (χ3v) is 7.29. The molecule has 1 amide bonds. The SMILES string of the molecule is CN1CCC(N(C)c2nc3cc(NC(=O)Oc4ccc(-c5cccc(Cl)c5)s4)ccc3o2)CC1. The van der Waals surface area contributed by atoms with Crippen molar-refractivity contribution in [2.75, 3.05) is 37.4 Å². The first kappa shape index (κ1) is 22.7.